The van der Waals surface area contributed by atoms with Crippen molar-refractivity contribution in [2.45, 2.75) is 32.4 Å². The molecule has 19 heavy (non-hydrogen) atoms. The fourth-order valence-electron chi connectivity index (χ4n) is 1.72. The molecule has 0 spiro atoms. The molecule has 1 aromatic heterocycles. The summed E-state index contributed by atoms with van der Waals surface area (Å²) in [7, 11) is 0. The summed E-state index contributed by atoms with van der Waals surface area (Å²) in [5.41, 5.74) is 2.70. The summed E-state index contributed by atoms with van der Waals surface area (Å²) in [6, 6.07) is 9.82. The molecule has 0 aliphatic carbocycles. The molecule has 1 heterocycles. The van der Waals surface area contributed by atoms with E-state index in [1.54, 1.807) is 6.20 Å². The molecule has 4 heteroatoms. The third-order valence-corrected chi connectivity index (χ3v) is 4.27. The summed E-state index contributed by atoms with van der Waals surface area (Å²) < 4.78 is 16.1. The first-order valence-corrected chi connectivity index (χ1v) is 7.31. The van der Waals surface area contributed by atoms with Gasteiger partial charge in [-0.1, -0.05) is 22.6 Å². The van der Waals surface area contributed by atoms with Crippen LogP contribution in [-0.4, -0.2) is 20.0 Å². The zero-order valence-corrected chi connectivity index (χ0v) is 12.5. The summed E-state index contributed by atoms with van der Waals surface area (Å²) in [5.74, 6) is 0. The summed E-state index contributed by atoms with van der Waals surface area (Å²) in [6.45, 7) is 7.66. The molecule has 0 unspecified atom stereocenters. The Labute approximate surface area is 117 Å². The highest BCUT2D eigenvalue weighted by Gasteiger charge is 2.26. The van der Waals surface area contributed by atoms with Gasteiger partial charge in [-0.3, -0.25) is 4.98 Å². The monoisotopic (exact) mass is 274 g/mol. The highest BCUT2D eigenvalue weighted by molar-refractivity contribution is 7.91. The first-order chi connectivity index (χ1) is 8.89. The minimum absolute atomic E-state index is 0.343. The zero-order valence-electron chi connectivity index (χ0n) is 11.7. The summed E-state index contributed by atoms with van der Waals surface area (Å²) in [6.07, 6.45) is 1.76. The van der Waals surface area contributed by atoms with Crippen LogP contribution in [0.5, 0.6) is 0 Å². The van der Waals surface area contributed by atoms with Crippen LogP contribution in [-0.2, 0) is 11.4 Å². The van der Waals surface area contributed by atoms with Gasteiger partial charge in [-0.2, -0.15) is 0 Å². The lowest BCUT2D eigenvalue weighted by atomic mass is 10.1. The van der Waals surface area contributed by atoms with E-state index in [1.165, 1.54) is 0 Å². The van der Waals surface area contributed by atoms with Gasteiger partial charge in [0.15, 0.2) is 0 Å². The Kier molecular flexibility index (Phi) is 3.92. The largest absolute Gasteiger partial charge is 0.591 e. The molecule has 3 nitrogen and oxygen atoms in total. The Morgan fingerprint density at radius 2 is 1.89 bits per heavy atom. The molecule has 0 radical (unpaired) electrons. The highest BCUT2D eigenvalue weighted by atomic mass is 32.2. The van der Waals surface area contributed by atoms with Crippen LogP contribution >= 0.6 is 0 Å². The molecule has 0 fully saturated rings. The second-order valence-electron chi connectivity index (χ2n) is 5.41. The van der Waals surface area contributed by atoms with E-state index in [1.807, 2.05) is 58.0 Å². The molecule has 0 amide bonds. The van der Waals surface area contributed by atoms with Gasteiger partial charge in [0.2, 0.25) is 0 Å². The Morgan fingerprint density at radius 3 is 2.58 bits per heavy atom. The molecule has 0 aliphatic rings. The van der Waals surface area contributed by atoms with Crippen LogP contribution in [0.15, 0.2) is 40.9 Å². The number of benzene rings is 1. The van der Waals surface area contributed by atoms with Crippen LogP contribution in [0.1, 0.15) is 33.3 Å². The Bertz CT molecular complexity index is 612. The van der Waals surface area contributed by atoms with Crippen LogP contribution in [0.2, 0.25) is 0 Å². The molecule has 1 atom stereocenters. The van der Waals surface area contributed by atoms with E-state index < -0.39 is 11.4 Å². The Morgan fingerprint density at radius 1 is 1.21 bits per heavy atom. The zero-order chi connectivity index (χ0) is 14.0. The molecule has 0 aliphatic heterocycles. The molecular formula is C15H18N2OS. The molecule has 0 N–H and O–H groups in total. The van der Waals surface area contributed by atoms with E-state index in [0.29, 0.717) is 0 Å². The summed E-state index contributed by atoms with van der Waals surface area (Å²) in [5, 5.41) is 1.04. The average molecular weight is 274 g/mol. The molecular weight excluding hydrogens is 256 g/mol. The molecule has 0 bridgehead atoms. The van der Waals surface area contributed by atoms with Crippen molar-refractivity contribution in [1.82, 2.24) is 4.98 Å². The number of nitrogens with zero attached hydrogens (tertiary/aromatic N) is 2. The van der Waals surface area contributed by atoms with Crippen LogP contribution < -0.4 is 0 Å². The minimum Gasteiger partial charge on any atom is -0.591 e. The van der Waals surface area contributed by atoms with Crippen LogP contribution in [0.25, 0.3) is 10.9 Å². The predicted molar refractivity (Wildman–Crippen MR) is 81.8 cm³/mol. The number of pyridine rings is 1. The van der Waals surface area contributed by atoms with E-state index in [0.717, 1.165) is 22.2 Å². The number of para-hydroxylation sites is 1. The SMILES string of the molecule is CC(=N[S@+]([O-])C(C)(C)C)c1ccnc2ccccc12. The van der Waals surface area contributed by atoms with Crippen molar-refractivity contribution in [3.8, 4) is 0 Å². The molecule has 2 aromatic rings. The predicted octanol–water partition coefficient (Wildman–Crippen LogP) is 3.51. The van der Waals surface area contributed by atoms with Crippen LogP contribution in [0.4, 0.5) is 0 Å². The average Bonchev–Trinajstić information content (AvgIpc) is 2.36. The minimum atomic E-state index is -1.24. The quantitative estimate of drug-likeness (QED) is 0.621. The van der Waals surface area contributed by atoms with Crippen molar-refractivity contribution in [2.75, 3.05) is 0 Å². The summed E-state index contributed by atoms with van der Waals surface area (Å²) >= 11 is -1.24. The highest BCUT2D eigenvalue weighted by Crippen LogP contribution is 2.21. The van der Waals surface area contributed by atoms with Gasteiger partial charge in [-0.15, -0.1) is 0 Å². The van der Waals surface area contributed by atoms with E-state index in [-0.39, 0.29) is 4.75 Å². The van der Waals surface area contributed by atoms with Crippen molar-refractivity contribution in [2.24, 2.45) is 4.40 Å². The van der Waals surface area contributed by atoms with E-state index in [2.05, 4.69) is 9.38 Å². The van der Waals surface area contributed by atoms with Crippen molar-refractivity contribution < 1.29 is 4.55 Å². The molecule has 0 saturated heterocycles. The van der Waals surface area contributed by atoms with E-state index in [9.17, 15) is 4.55 Å². The maximum Gasteiger partial charge on any atom is 0.144 e. The van der Waals surface area contributed by atoms with Gasteiger partial charge in [-0.25, -0.2) is 0 Å². The second-order valence-corrected chi connectivity index (χ2v) is 7.32. The summed E-state index contributed by atoms with van der Waals surface area (Å²) in [4.78, 5) is 4.32. The van der Waals surface area contributed by atoms with Crippen LogP contribution in [0, 0.1) is 0 Å². The second kappa shape index (κ2) is 5.31. The fourth-order valence-corrected chi connectivity index (χ4v) is 2.34. The van der Waals surface area contributed by atoms with Gasteiger partial charge in [0, 0.05) is 17.1 Å². The van der Waals surface area contributed by atoms with E-state index >= 15 is 0 Å². The lowest BCUT2D eigenvalue weighted by Crippen LogP contribution is -2.26. The Hall–Kier alpha value is -1.39. The normalized spacial score (nSPS) is 14.7. The van der Waals surface area contributed by atoms with E-state index in [4.69, 9.17) is 0 Å². The molecule has 1 aromatic carbocycles. The third kappa shape index (κ3) is 3.14. The van der Waals surface area contributed by atoms with Gasteiger partial charge >= 0.3 is 0 Å². The van der Waals surface area contributed by atoms with Crippen LogP contribution in [0.3, 0.4) is 0 Å². The topological polar surface area (TPSA) is 48.3 Å². The smallest absolute Gasteiger partial charge is 0.144 e. The van der Waals surface area contributed by atoms with Gasteiger partial charge in [-0.05, 0) is 39.8 Å². The molecule has 100 valence electrons. The molecule has 2 rings (SSSR count). The van der Waals surface area contributed by atoms with Crippen molar-refractivity contribution >= 4 is 28.0 Å². The number of aromatic nitrogens is 1. The maximum absolute atomic E-state index is 12.1. The number of hydrogen-bond donors (Lipinski definition) is 0. The lowest BCUT2D eigenvalue weighted by molar-refractivity contribution is 0.561. The number of hydrogen-bond acceptors (Lipinski definition) is 3. The lowest BCUT2D eigenvalue weighted by Gasteiger charge is -2.19. The fraction of sp³-hybridized carbons (Fsp3) is 0.333. The van der Waals surface area contributed by atoms with Gasteiger partial charge in [0.25, 0.3) is 0 Å². The van der Waals surface area contributed by atoms with Gasteiger partial charge < -0.3 is 4.55 Å². The number of fused-ring (bicyclic) bond motifs is 1. The van der Waals surface area contributed by atoms with Gasteiger partial charge in [0.05, 0.1) is 11.2 Å². The first kappa shape index (κ1) is 14.0. The standard InChI is InChI=1S/C15H18N2OS/c1-11(17-19(18)15(2,3)4)12-9-10-16-14-8-6-5-7-13(12)14/h5-10H,1-4H3/t19-/m1/s1. The van der Waals surface area contributed by atoms with Crippen molar-refractivity contribution in [1.29, 1.82) is 0 Å². The molecule has 0 saturated carbocycles. The number of rotatable bonds is 2. The Balaban J connectivity index is 2.47. The maximum atomic E-state index is 12.1. The van der Waals surface area contributed by atoms with Gasteiger partial charge in [0.1, 0.15) is 16.1 Å². The van der Waals surface area contributed by atoms with Crippen molar-refractivity contribution in [3.63, 3.8) is 0 Å². The third-order valence-electron chi connectivity index (χ3n) is 2.78. The first-order valence-electron chi connectivity index (χ1n) is 6.21. The van der Waals surface area contributed by atoms with Crippen molar-refractivity contribution in [3.05, 3.63) is 42.1 Å².